The Balaban J connectivity index is 2.05. The zero-order valence-corrected chi connectivity index (χ0v) is 12.1. The highest BCUT2D eigenvalue weighted by atomic mass is 35.5. The van der Waals surface area contributed by atoms with Crippen LogP contribution in [0.3, 0.4) is 0 Å². The molecule has 0 aromatic heterocycles. The molecule has 0 radical (unpaired) electrons. The number of fused-ring (bicyclic) bond motifs is 3. The van der Waals surface area contributed by atoms with Crippen LogP contribution in [0.25, 0.3) is 32.7 Å². The maximum absolute atomic E-state index is 6.33. The molecule has 0 saturated heterocycles. The Morgan fingerprint density at radius 3 is 2.10 bits per heavy atom. The summed E-state index contributed by atoms with van der Waals surface area (Å²) in [6.45, 7) is 0. The summed E-state index contributed by atoms with van der Waals surface area (Å²) in [5.74, 6) is 0. The fraction of sp³-hybridized carbons (Fsp3) is 0. The molecule has 21 heavy (non-hydrogen) atoms. The molecule has 0 aliphatic carbocycles. The van der Waals surface area contributed by atoms with Crippen LogP contribution in [-0.2, 0) is 0 Å². The van der Waals surface area contributed by atoms with E-state index in [-0.39, 0.29) is 0 Å². The number of rotatable bonds is 1. The molecule has 0 nitrogen and oxygen atoms in total. The lowest BCUT2D eigenvalue weighted by Gasteiger charge is -2.08. The highest BCUT2D eigenvalue weighted by Gasteiger charge is 2.05. The van der Waals surface area contributed by atoms with Crippen LogP contribution in [0.4, 0.5) is 0 Å². The Morgan fingerprint density at radius 1 is 0.571 bits per heavy atom. The molecule has 0 aliphatic heterocycles. The molecular formula is C20H13Cl. The monoisotopic (exact) mass is 288 g/mol. The van der Waals surface area contributed by atoms with Crippen LogP contribution >= 0.6 is 11.6 Å². The third kappa shape index (κ3) is 2.09. The molecule has 0 fully saturated rings. The van der Waals surface area contributed by atoms with Crippen LogP contribution in [0.15, 0.2) is 78.9 Å². The van der Waals surface area contributed by atoms with E-state index < -0.39 is 0 Å². The third-order valence-electron chi connectivity index (χ3n) is 3.93. The van der Waals surface area contributed by atoms with Gasteiger partial charge < -0.3 is 0 Å². The van der Waals surface area contributed by atoms with Gasteiger partial charge in [-0.25, -0.2) is 0 Å². The Kier molecular flexibility index (Phi) is 2.90. The van der Waals surface area contributed by atoms with Gasteiger partial charge in [0, 0.05) is 10.6 Å². The van der Waals surface area contributed by atoms with E-state index in [1.54, 1.807) is 0 Å². The predicted molar refractivity (Wildman–Crippen MR) is 91.9 cm³/mol. The molecular weight excluding hydrogens is 276 g/mol. The highest BCUT2D eigenvalue weighted by molar-refractivity contribution is 6.33. The summed E-state index contributed by atoms with van der Waals surface area (Å²) in [6, 6.07) is 27.4. The van der Waals surface area contributed by atoms with Gasteiger partial charge in [-0.3, -0.25) is 0 Å². The van der Waals surface area contributed by atoms with Gasteiger partial charge in [-0.05, 0) is 39.2 Å². The normalized spacial score (nSPS) is 11.1. The summed E-state index contributed by atoms with van der Waals surface area (Å²) in [5, 5.41) is 5.86. The Bertz CT molecular complexity index is 954. The second kappa shape index (κ2) is 4.91. The van der Waals surface area contributed by atoms with Gasteiger partial charge in [-0.1, -0.05) is 78.3 Å². The Hall–Kier alpha value is -2.31. The summed E-state index contributed by atoms with van der Waals surface area (Å²) in [6.07, 6.45) is 0. The molecule has 0 spiro atoms. The van der Waals surface area contributed by atoms with Crippen LogP contribution in [0.1, 0.15) is 0 Å². The number of benzene rings is 4. The Labute approximate surface area is 128 Å². The van der Waals surface area contributed by atoms with Crippen molar-refractivity contribution in [3.8, 4) is 11.1 Å². The quantitative estimate of drug-likeness (QED) is 0.360. The molecule has 0 bridgehead atoms. The molecule has 0 unspecified atom stereocenters. The molecule has 0 saturated carbocycles. The lowest BCUT2D eigenvalue weighted by molar-refractivity contribution is 1.65. The van der Waals surface area contributed by atoms with Gasteiger partial charge in [0.05, 0.1) is 0 Å². The highest BCUT2D eigenvalue weighted by Crippen LogP contribution is 2.32. The van der Waals surface area contributed by atoms with E-state index in [2.05, 4.69) is 60.7 Å². The fourth-order valence-electron chi connectivity index (χ4n) is 2.86. The van der Waals surface area contributed by atoms with Gasteiger partial charge in [0.25, 0.3) is 0 Å². The van der Waals surface area contributed by atoms with Crippen LogP contribution in [0.5, 0.6) is 0 Å². The van der Waals surface area contributed by atoms with Gasteiger partial charge >= 0.3 is 0 Å². The molecule has 0 aliphatic rings. The molecule has 0 heterocycles. The van der Waals surface area contributed by atoms with Gasteiger partial charge in [0.2, 0.25) is 0 Å². The minimum absolute atomic E-state index is 0.789. The van der Waals surface area contributed by atoms with E-state index in [4.69, 9.17) is 11.6 Å². The molecule has 0 N–H and O–H groups in total. The molecule has 4 aromatic carbocycles. The van der Waals surface area contributed by atoms with Crippen molar-refractivity contribution in [1.82, 2.24) is 0 Å². The van der Waals surface area contributed by atoms with Gasteiger partial charge in [0.15, 0.2) is 0 Å². The summed E-state index contributed by atoms with van der Waals surface area (Å²) in [4.78, 5) is 0. The van der Waals surface area contributed by atoms with Crippen molar-refractivity contribution in [3.05, 3.63) is 83.9 Å². The molecule has 1 heteroatoms. The van der Waals surface area contributed by atoms with Crippen molar-refractivity contribution in [3.63, 3.8) is 0 Å². The lowest BCUT2D eigenvalue weighted by Crippen LogP contribution is -1.82. The average molecular weight is 289 g/mol. The zero-order chi connectivity index (χ0) is 14.2. The Morgan fingerprint density at radius 2 is 1.24 bits per heavy atom. The van der Waals surface area contributed by atoms with Crippen molar-refractivity contribution < 1.29 is 0 Å². The fourth-order valence-corrected chi connectivity index (χ4v) is 3.11. The second-order valence-electron chi connectivity index (χ2n) is 5.20. The smallest absolute Gasteiger partial charge is 0.0484 e. The van der Waals surface area contributed by atoms with Crippen LogP contribution in [0, 0.1) is 0 Å². The summed E-state index contributed by atoms with van der Waals surface area (Å²) < 4.78 is 0. The van der Waals surface area contributed by atoms with Crippen LogP contribution in [-0.4, -0.2) is 0 Å². The molecule has 4 aromatic rings. The minimum Gasteiger partial charge on any atom is -0.0837 e. The van der Waals surface area contributed by atoms with E-state index >= 15 is 0 Å². The number of halogens is 1. The standard InChI is InChI=1S/C20H13Cl/c21-20-8-4-3-7-18(20)16-12-11-15-10-9-14-5-1-2-6-17(14)19(15)13-16/h1-13H. The molecule has 0 amide bonds. The van der Waals surface area contributed by atoms with Crippen LogP contribution < -0.4 is 0 Å². The third-order valence-corrected chi connectivity index (χ3v) is 4.26. The van der Waals surface area contributed by atoms with E-state index in [1.807, 2.05) is 18.2 Å². The number of hydrogen-bond acceptors (Lipinski definition) is 0. The SMILES string of the molecule is Clc1ccccc1-c1ccc2ccc3ccccc3c2c1. The van der Waals surface area contributed by atoms with Crippen molar-refractivity contribution in [2.24, 2.45) is 0 Å². The summed E-state index contributed by atoms with van der Waals surface area (Å²) >= 11 is 6.33. The largest absolute Gasteiger partial charge is 0.0837 e. The second-order valence-corrected chi connectivity index (χ2v) is 5.61. The summed E-state index contributed by atoms with van der Waals surface area (Å²) in [7, 11) is 0. The van der Waals surface area contributed by atoms with Crippen molar-refractivity contribution in [2.75, 3.05) is 0 Å². The van der Waals surface area contributed by atoms with E-state index in [0.717, 1.165) is 16.1 Å². The first-order chi connectivity index (χ1) is 10.3. The first-order valence-corrected chi connectivity index (χ1v) is 7.37. The molecule has 4 rings (SSSR count). The molecule has 100 valence electrons. The van der Waals surface area contributed by atoms with E-state index in [1.165, 1.54) is 21.5 Å². The maximum atomic E-state index is 6.33. The maximum Gasteiger partial charge on any atom is 0.0484 e. The minimum atomic E-state index is 0.789. The van der Waals surface area contributed by atoms with Gasteiger partial charge in [-0.15, -0.1) is 0 Å². The van der Waals surface area contributed by atoms with Gasteiger partial charge in [-0.2, -0.15) is 0 Å². The van der Waals surface area contributed by atoms with E-state index in [0.29, 0.717) is 0 Å². The average Bonchev–Trinajstić information content (AvgIpc) is 2.55. The van der Waals surface area contributed by atoms with Gasteiger partial charge in [0.1, 0.15) is 0 Å². The van der Waals surface area contributed by atoms with Crippen molar-refractivity contribution in [1.29, 1.82) is 0 Å². The first kappa shape index (κ1) is 12.4. The van der Waals surface area contributed by atoms with Crippen LogP contribution in [0.2, 0.25) is 5.02 Å². The lowest BCUT2D eigenvalue weighted by atomic mass is 9.97. The van der Waals surface area contributed by atoms with Crippen molar-refractivity contribution >= 4 is 33.1 Å². The first-order valence-electron chi connectivity index (χ1n) is 6.99. The topological polar surface area (TPSA) is 0 Å². The molecule has 0 atom stereocenters. The summed E-state index contributed by atoms with van der Waals surface area (Å²) in [5.41, 5.74) is 2.23. The zero-order valence-electron chi connectivity index (χ0n) is 11.4. The van der Waals surface area contributed by atoms with Crippen molar-refractivity contribution in [2.45, 2.75) is 0 Å². The predicted octanol–water partition coefficient (Wildman–Crippen LogP) is 6.31. The van der Waals surface area contributed by atoms with E-state index in [9.17, 15) is 0 Å². The number of hydrogen-bond donors (Lipinski definition) is 0.